The van der Waals surface area contributed by atoms with Gasteiger partial charge in [-0.3, -0.25) is 9.00 Å². The highest BCUT2D eigenvalue weighted by Gasteiger charge is 2.27. The number of amides is 1. The van der Waals surface area contributed by atoms with Gasteiger partial charge in [0.25, 0.3) is 0 Å². The number of nitrogens with one attached hydrogen (secondary N) is 1. The normalized spacial score (nSPS) is 24.5. The van der Waals surface area contributed by atoms with Crippen LogP contribution < -0.4 is 5.32 Å². The fraction of sp³-hybridized carbons (Fsp3) is 0.706. The Balaban J connectivity index is 1.53. The Hall–Kier alpha value is -1.78. The summed E-state index contributed by atoms with van der Waals surface area (Å²) in [5, 5.41) is 3.22. The van der Waals surface area contributed by atoms with Crippen molar-refractivity contribution in [2.75, 3.05) is 5.75 Å². The molecule has 1 aliphatic heterocycles. The van der Waals surface area contributed by atoms with Crippen molar-refractivity contribution < 1.29 is 17.8 Å². The maximum atomic E-state index is 13.3. The highest BCUT2D eigenvalue weighted by molar-refractivity contribution is 7.85. The van der Waals surface area contributed by atoms with E-state index in [-0.39, 0.29) is 29.4 Å². The van der Waals surface area contributed by atoms with E-state index in [4.69, 9.17) is 0 Å². The molecule has 0 radical (unpaired) electrons. The van der Waals surface area contributed by atoms with Crippen LogP contribution in [0.25, 0.3) is 0 Å². The molecule has 6 heteroatoms. The van der Waals surface area contributed by atoms with E-state index < -0.39 is 17.2 Å². The first-order chi connectivity index (χ1) is 19.3. The summed E-state index contributed by atoms with van der Waals surface area (Å²) < 4.78 is 38.9. The molecular formula is C34H51F2NO2S. The van der Waals surface area contributed by atoms with Crippen LogP contribution in [0.5, 0.6) is 0 Å². The zero-order valence-electron chi connectivity index (χ0n) is 25.0. The summed E-state index contributed by atoms with van der Waals surface area (Å²) in [6, 6.07) is 6.75. The summed E-state index contributed by atoms with van der Waals surface area (Å²) in [4.78, 5) is 12.8. The number of hydrogen-bond donors (Lipinski definition) is 1. The molecule has 2 unspecified atom stereocenters. The number of halogens is 2. The molecule has 1 saturated carbocycles. The number of carbonyl (C=O) groups excluding carboxylic acids is 1. The Morgan fingerprint density at radius 1 is 1.07 bits per heavy atom. The molecule has 40 heavy (non-hydrogen) atoms. The van der Waals surface area contributed by atoms with Crippen LogP contribution in [0.3, 0.4) is 0 Å². The molecule has 3 nitrogen and oxygen atoms in total. The number of carbonyl (C=O) groups is 1. The molecule has 1 heterocycles. The van der Waals surface area contributed by atoms with Gasteiger partial charge in [0.05, 0.1) is 5.70 Å². The third kappa shape index (κ3) is 10.9. The van der Waals surface area contributed by atoms with Gasteiger partial charge in [-0.05, 0) is 119 Å². The molecular weight excluding hydrogens is 524 g/mol. The molecule has 2 aliphatic rings. The monoisotopic (exact) mass is 575 g/mol. The highest BCUT2D eigenvalue weighted by atomic mass is 32.2. The first kappa shape index (κ1) is 32.7. The van der Waals surface area contributed by atoms with Gasteiger partial charge in [-0.25, -0.2) is 8.78 Å². The van der Waals surface area contributed by atoms with E-state index in [1.807, 2.05) is 6.08 Å². The van der Waals surface area contributed by atoms with E-state index in [0.29, 0.717) is 18.1 Å². The van der Waals surface area contributed by atoms with Gasteiger partial charge < -0.3 is 5.32 Å². The number of aryl methyl sites for hydroxylation is 3. The number of unbranched alkanes of at least 4 members (excludes halogenated alkanes) is 1. The van der Waals surface area contributed by atoms with Crippen LogP contribution in [0.15, 0.2) is 35.7 Å². The number of rotatable bonds is 11. The molecule has 1 fully saturated rings. The molecule has 1 aromatic carbocycles. The largest absolute Gasteiger partial charge is 0.323 e. The van der Waals surface area contributed by atoms with Crippen molar-refractivity contribution in [2.45, 2.75) is 129 Å². The van der Waals surface area contributed by atoms with Gasteiger partial charge in [-0.1, -0.05) is 38.5 Å². The van der Waals surface area contributed by atoms with Gasteiger partial charge in [0.15, 0.2) is 0 Å². The quantitative estimate of drug-likeness (QED) is 0.269. The maximum Gasteiger partial charge on any atom is 0.238 e. The Labute approximate surface area is 244 Å². The topological polar surface area (TPSA) is 46.2 Å². The van der Waals surface area contributed by atoms with Crippen molar-refractivity contribution in [1.82, 2.24) is 5.32 Å². The Bertz CT molecular complexity index is 1020. The van der Waals surface area contributed by atoms with Gasteiger partial charge in [0.2, 0.25) is 12.3 Å². The zero-order chi connectivity index (χ0) is 28.9. The van der Waals surface area contributed by atoms with Crippen LogP contribution in [0.4, 0.5) is 8.78 Å². The molecule has 1 amide bonds. The molecule has 0 aromatic heterocycles. The van der Waals surface area contributed by atoms with E-state index in [9.17, 15) is 17.8 Å². The SMILES string of the molecule is CCCCc1ccc(CCS(=O)[C@@H](C)C2CCCC=C=C(C3CCC(CC(F)F)CC3)NC(=O)CCC2)c(C)c1. The molecule has 1 aromatic rings. The predicted octanol–water partition coefficient (Wildman–Crippen LogP) is 8.60. The van der Waals surface area contributed by atoms with Crippen LogP contribution in [0, 0.1) is 24.7 Å². The number of hydrogen-bond acceptors (Lipinski definition) is 2. The van der Waals surface area contributed by atoms with Crippen molar-refractivity contribution >= 4 is 16.7 Å². The van der Waals surface area contributed by atoms with Crippen molar-refractivity contribution in [2.24, 2.45) is 17.8 Å². The minimum atomic E-state index is -2.23. The van der Waals surface area contributed by atoms with Gasteiger partial charge in [0.1, 0.15) is 0 Å². The van der Waals surface area contributed by atoms with Crippen molar-refractivity contribution in [1.29, 1.82) is 0 Å². The van der Waals surface area contributed by atoms with E-state index in [0.717, 1.165) is 76.3 Å². The first-order valence-corrected chi connectivity index (χ1v) is 17.1. The van der Waals surface area contributed by atoms with E-state index >= 15 is 0 Å². The summed E-state index contributed by atoms with van der Waals surface area (Å²) in [6.07, 6.45) is 12.5. The second kappa shape index (κ2) is 17.2. The fourth-order valence-electron chi connectivity index (χ4n) is 6.40. The second-order valence-corrected chi connectivity index (χ2v) is 14.1. The number of alkyl halides is 2. The molecule has 1 N–H and O–H groups in total. The number of allylic oxidation sites excluding steroid dienone is 1. The molecule has 224 valence electrons. The van der Waals surface area contributed by atoms with Crippen molar-refractivity contribution in [3.63, 3.8) is 0 Å². The summed E-state index contributed by atoms with van der Waals surface area (Å²) >= 11 is 0. The predicted molar refractivity (Wildman–Crippen MR) is 163 cm³/mol. The third-order valence-corrected chi connectivity index (χ3v) is 10.9. The van der Waals surface area contributed by atoms with Gasteiger partial charge in [-0.15, -0.1) is 5.73 Å². The van der Waals surface area contributed by atoms with Gasteiger partial charge in [0, 0.05) is 40.6 Å². The van der Waals surface area contributed by atoms with Gasteiger partial charge >= 0.3 is 0 Å². The van der Waals surface area contributed by atoms with Crippen molar-refractivity contribution in [3.8, 4) is 0 Å². The Morgan fingerprint density at radius 2 is 1.82 bits per heavy atom. The van der Waals surface area contributed by atoms with Crippen LogP contribution in [0.2, 0.25) is 0 Å². The Morgan fingerprint density at radius 3 is 2.52 bits per heavy atom. The molecule has 1 aliphatic carbocycles. The minimum absolute atomic E-state index is 0.00972. The minimum Gasteiger partial charge on any atom is -0.323 e. The molecule has 3 atom stereocenters. The highest BCUT2D eigenvalue weighted by Crippen LogP contribution is 2.35. The van der Waals surface area contributed by atoms with Crippen LogP contribution in [-0.4, -0.2) is 27.5 Å². The lowest BCUT2D eigenvalue weighted by molar-refractivity contribution is -0.120. The van der Waals surface area contributed by atoms with E-state index in [1.54, 1.807) is 0 Å². The first-order valence-electron chi connectivity index (χ1n) is 15.7. The number of benzene rings is 1. The lowest BCUT2D eigenvalue weighted by Gasteiger charge is -2.29. The molecule has 3 rings (SSSR count). The fourth-order valence-corrected chi connectivity index (χ4v) is 7.89. The standard InChI is InChI=1S/C34H51F2NO2S/c1-4-5-10-27-15-18-29(25(2)23-27)21-22-40(39)26(3)30-11-7-6-8-13-32(37-34(38)14-9-12-30)31-19-16-28(17-20-31)24-33(35)36/h8,15,18,23,26,28,30-31,33H,4-7,9-12,14,16-17,19-22,24H2,1-3H3,(H,37,38)/t13?,26-,28?,30?,31?,40?/m0/s1. The summed E-state index contributed by atoms with van der Waals surface area (Å²) in [5.41, 5.74) is 8.21. The average Bonchev–Trinajstić information content (AvgIpc) is 2.92. The van der Waals surface area contributed by atoms with E-state index in [1.165, 1.54) is 29.5 Å². The van der Waals surface area contributed by atoms with Crippen LogP contribution in [-0.2, 0) is 28.4 Å². The summed E-state index contributed by atoms with van der Waals surface area (Å²) in [5.74, 6) is 1.32. The summed E-state index contributed by atoms with van der Waals surface area (Å²) in [7, 11) is -0.915. The summed E-state index contributed by atoms with van der Waals surface area (Å²) in [6.45, 7) is 6.52. The lowest BCUT2D eigenvalue weighted by Crippen LogP contribution is -2.30. The van der Waals surface area contributed by atoms with Crippen molar-refractivity contribution in [3.05, 3.63) is 52.4 Å². The van der Waals surface area contributed by atoms with E-state index in [2.05, 4.69) is 50.0 Å². The average molecular weight is 576 g/mol. The lowest BCUT2D eigenvalue weighted by atomic mass is 9.79. The zero-order valence-corrected chi connectivity index (χ0v) is 25.8. The van der Waals surface area contributed by atoms with Crippen LogP contribution in [0.1, 0.15) is 114 Å². The van der Waals surface area contributed by atoms with Gasteiger partial charge in [-0.2, -0.15) is 0 Å². The third-order valence-electron chi connectivity index (χ3n) is 9.08. The Kier molecular flexibility index (Phi) is 14.1. The maximum absolute atomic E-state index is 13.3. The molecule has 0 saturated heterocycles. The smallest absolute Gasteiger partial charge is 0.238 e. The molecule has 0 spiro atoms. The second-order valence-electron chi connectivity index (χ2n) is 12.1. The van der Waals surface area contributed by atoms with Crippen LogP contribution >= 0.6 is 0 Å². The molecule has 0 bridgehead atoms.